The standard InChI is InChI=1S/C4H12O2Si/c1-7(2)6-4-3-5/h5,7H,3-4H2,1-2H3. The van der Waals surface area contributed by atoms with Crippen molar-refractivity contribution in [1.29, 1.82) is 0 Å². The van der Waals surface area contributed by atoms with Gasteiger partial charge in [0, 0.05) is 0 Å². The maximum Gasteiger partial charge on any atom is 0.171 e. The van der Waals surface area contributed by atoms with Crippen LogP contribution in [-0.2, 0) is 4.43 Å². The van der Waals surface area contributed by atoms with Gasteiger partial charge < -0.3 is 9.53 Å². The second-order valence-corrected chi connectivity index (χ2v) is 4.07. The van der Waals surface area contributed by atoms with Crippen molar-refractivity contribution < 1.29 is 9.53 Å². The van der Waals surface area contributed by atoms with Gasteiger partial charge >= 0.3 is 0 Å². The second kappa shape index (κ2) is 4.30. The molecule has 1 N–H and O–H groups in total. The van der Waals surface area contributed by atoms with E-state index in [-0.39, 0.29) is 6.61 Å². The quantitative estimate of drug-likeness (QED) is 0.530. The minimum absolute atomic E-state index is 0.158. The minimum atomic E-state index is -0.848. The Bertz CT molecular complexity index is 38.7. The SMILES string of the molecule is C[SiH](C)OCCO. The number of rotatable bonds is 3. The lowest BCUT2D eigenvalue weighted by Gasteiger charge is -2.01. The summed E-state index contributed by atoms with van der Waals surface area (Å²) >= 11 is 0. The Morgan fingerprint density at radius 1 is 1.57 bits per heavy atom. The van der Waals surface area contributed by atoms with Crippen LogP contribution in [0.25, 0.3) is 0 Å². The van der Waals surface area contributed by atoms with Crippen LogP contribution < -0.4 is 0 Å². The highest BCUT2D eigenvalue weighted by Crippen LogP contribution is 1.79. The molecule has 0 aromatic heterocycles. The summed E-state index contributed by atoms with van der Waals surface area (Å²) in [5, 5.41) is 8.21. The first kappa shape index (κ1) is 7.14. The highest BCUT2D eigenvalue weighted by atomic mass is 28.3. The maximum atomic E-state index is 8.21. The Kier molecular flexibility index (Phi) is 4.38. The zero-order chi connectivity index (χ0) is 5.70. The fraction of sp³-hybridized carbons (Fsp3) is 1.00. The molecule has 0 saturated heterocycles. The Hall–Kier alpha value is 0.137. The van der Waals surface area contributed by atoms with Crippen LogP contribution in [0.3, 0.4) is 0 Å². The third-order valence-electron chi connectivity index (χ3n) is 0.542. The van der Waals surface area contributed by atoms with Crippen molar-refractivity contribution >= 4 is 9.04 Å². The summed E-state index contributed by atoms with van der Waals surface area (Å²) in [6.07, 6.45) is 0. The van der Waals surface area contributed by atoms with Gasteiger partial charge in [0.2, 0.25) is 0 Å². The fourth-order valence-corrected chi connectivity index (χ4v) is 0.865. The third kappa shape index (κ3) is 6.14. The van der Waals surface area contributed by atoms with Gasteiger partial charge in [0.1, 0.15) is 0 Å². The van der Waals surface area contributed by atoms with Gasteiger partial charge in [-0.1, -0.05) is 0 Å². The molecular formula is C4H12O2Si. The van der Waals surface area contributed by atoms with Crippen molar-refractivity contribution in [3.8, 4) is 0 Å². The number of hydrogen-bond donors (Lipinski definition) is 1. The molecule has 2 nitrogen and oxygen atoms in total. The monoisotopic (exact) mass is 120 g/mol. The molecule has 3 heteroatoms. The van der Waals surface area contributed by atoms with Crippen molar-refractivity contribution in [2.75, 3.05) is 13.2 Å². The van der Waals surface area contributed by atoms with Gasteiger partial charge in [-0.15, -0.1) is 0 Å². The van der Waals surface area contributed by atoms with E-state index in [4.69, 9.17) is 9.53 Å². The summed E-state index contributed by atoms with van der Waals surface area (Å²) in [4.78, 5) is 0. The molecule has 0 heterocycles. The van der Waals surface area contributed by atoms with Crippen molar-refractivity contribution in [3.05, 3.63) is 0 Å². The molecule has 0 aliphatic rings. The summed E-state index contributed by atoms with van der Waals surface area (Å²) < 4.78 is 5.08. The molecule has 0 spiro atoms. The van der Waals surface area contributed by atoms with Gasteiger partial charge in [-0.3, -0.25) is 0 Å². The summed E-state index contributed by atoms with van der Waals surface area (Å²) in [6, 6.07) is 0. The molecule has 0 unspecified atom stereocenters. The van der Waals surface area contributed by atoms with Crippen molar-refractivity contribution in [2.45, 2.75) is 13.1 Å². The number of aliphatic hydroxyl groups is 1. The lowest BCUT2D eigenvalue weighted by molar-refractivity contribution is 0.203. The van der Waals surface area contributed by atoms with E-state index in [1.807, 2.05) is 0 Å². The van der Waals surface area contributed by atoms with Crippen molar-refractivity contribution in [2.24, 2.45) is 0 Å². The number of hydrogen-bond acceptors (Lipinski definition) is 2. The molecule has 0 aromatic rings. The van der Waals surface area contributed by atoms with E-state index < -0.39 is 9.04 Å². The minimum Gasteiger partial charge on any atom is -0.418 e. The molecule has 0 aromatic carbocycles. The van der Waals surface area contributed by atoms with Crippen LogP contribution in [0.5, 0.6) is 0 Å². The van der Waals surface area contributed by atoms with Crippen LogP contribution in [0.2, 0.25) is 13.1 Å². The molecule has 0 fully saturated rings. The average molecular weight is 120 g/mol. The van der Waals surface area contributed by atoms with Crippen LogP contribution in [-0.4, -0.2) is 27.4 Å². The molecular weight excluding hydrogens is 108 g/mol. The van der Waals surface area contributed by atoms with Gasteiger partial charge in [0.15, 0.2) is 9.04 Å². The molecule has 0 atom stereocenters. The van der Waals surface area contributed by atoms with E-state index in [2.05, 4.69) is 13.1 Å². The topological polar surface area (TPSA) is 29.5 Å². The van der Waals surface area contributed by atoms with Crippen molar-refractivity contribution in [3.63, 3.8) is 0 Å². The van der Waals surface area contributed by atoms with E-state index in [1.165, 1.54) is 0 Å². The Labute approximate surface area is 45.8 Å². The third-order valence-corrected chi connectivity index (χ3v) is 1.44. The summed E-state index contributed by atoms with van der Waals surface area (Å²) in [6.45, 7) is 4.83. The van der Waals surface area contributed by atoms with Crippen LogP contribution in [0.1, 0.15) is 0 Å². The highest BCUT2D eigenvalue weighted by molar-refractivity contribution is 6.48. The van der Waals surface area contributed by atoms with Crippen LogP contribution in [0.4, 0.5) is 0 Å². The largest absolute Gasteiger partial charge is 0.418 e. The van der Waals surface area contributed by atoms with Gasteiger partial charge in [0.25, 0.3) is 0 Å². The molecule has 44 valence electrons. The van der Waals surface area contributed by atoms with Gasteiger partial charge in [-0.2, -0.15) is 0 Å². The normalized spacial score (nSPS) is 10.3. The number of aliphatic hydroxyl groups excluding tert-OH is 1. The van der Waals surface area contributed by atoms with E-state index >= 15 is 0 Å². The molecule has 0 saturated carbocycles. The van der Waals surface area contributed by atoms with Crippen LogP contribution in [0.15, 0.2) is 0 Å². The first-order valence-electron chi connectivity index (χ1n) is 2.50. The van der Waals surface area contributed by atoms with Crippen LogP contribution in [0, 0.1) is 0 Å². The van der Waals surface area contributed by atoms with Gasteiger partial charge in [0.05, 0.1) is 13.2 Å². The molecule has 0 bridgehead atoms. The van der Waals surface area contributed by atoms with Gasteiger partial charge in [-0.05, 0) is 13.1 Å². The van der Waals surface area contributed by atoms with Crippen LogP contribution >= 0.6 is 0 Å². The molecule has 0 aliphatic carbocycles. The molecule has 0 radical (unpaired) electrons. The van der Waals surface area contributed by atoms with Crippen molar-refractivity contribution in [1.82, 2.24) is 0 Å². The zero-order valence-electron chi connectivity index (χ0n) is 4.85. The highest BCUT2D eigenvalue weighted by Gasteiger charge is 1.90. The maximum absolute atomic E-state index is 8.21. The molecule has 0 aliphatic heterocycles. The zero-order valence-corrected chi connectivity index (χ0v) is 6.00. The molecule has 0 amide bonds. The Balaban J connectivity index is 2.68. The fourth-order valence-electron chi connectivity index (χ4n) is 0.288. The Morgan fingerprint density at radius 2 is 2.14 bits per heavy atom. The van der Waals surface area contributed by atoms with Gasteiger partial charge in [-0.25, -0.2) is 0 Å². The first-order chi connectivity index (χ1) is 3.27. The van der Waals surface area contributed by atoms with E-state index in [1.54, 1.807) is 0 Å². The van der Waals surface area contributed by atoms with E-state index in [0.29, 0.717) is 6.61 Å². The van der Waals surface area contributed by atoms with E-state index in [0.717, 1.165) is 0 Å². The summed E-state index contributed by atoms with van der Waals surface area (Å²) in [5.41, 5.74) is 0. The lowest BCUT2D eigenvalue weighted by atomic mass is 10.8. The molecule has 0 rings (SSSR count). The summed E-state index contributed by atoms with van der Waals surface area (Å²) in [7, 11) is -0.848. The lowest BCUT2D eigenvalue weighted by Crippen LogP contribution is -2.10. The van der Waals surface area contributed by atoms with E-state index in [9.17, 15) is 0 Å². The average Bonchev–Trinajstić information content (AvgIpc) is 1.61. The first-order valence-corrected chi connectivity index (χ1v) is 5.28. The second-order valence-electron chi connectivity index (χ2n) is 1.64. The Morgan fingerprint density at radius 3 is 2.29 bits per heavy atom. The molecule has 7 heavy (non-hydrogen) atoms. The predicted octanol–water partition coefficient (Wildman–Crippen LogP) is -0.0213. The summed E-state index contributed by atoms with van der Waals surface area (Å²) in [5.74, 6) is 0. The smallest absolute Gasteiger partial charge is 0.171 e. The predicted molar refractivity (Wildman–Crippen MR) is 31.9 cm³/mol.